The van der Waals surface area contributed by atoms with Crippen LogP contribution in [0.1, 0.15) is 12.2 Å². The Bertz CT molecular complexity index is 1170. The summed E-state index contributed by atoms with van der Waals surface area (Å²) in [7, 11) is 0. The maximum Gasteiger partial charge on any atom is 0.453 e. The molecule has 5 heterocycles. The number of hydrogen-bond donors (Lipinski definition) is 0. The molecule has 5 rings (SSSR count). The molecule has 0 spiro atoms. The number of halogens is 3. The highest BCUT2D eigenvalue weighted by Gasteiger charge is 2.37. The molecule has 1 fully saturated rings. The molecule has 0 unspecified atom stereocenters. The van der Waals surface area contributed by atoms with Crippen LogP contribution in [-0.2, 0) is 6.18 Å². The van der Waals surface area contributed by atoms with Crippen LogP contribution in [0.5, 0.6) is 0 Å². The first-order valence-corrected chi connectivity index (χ1v) is 9.08. The van der Waals surface area contributed by atoms with E-state index in [9.17, 15) is 13.2 Å². The van der Waals surface area contributed by atoms with E-state index >= 15 is 0 Å². The lowest BCUT2D eigenvalue weighted by molar-refractivity contribution is -0.146. The average molecular weight is 403 g/mol. The molecule has 0 bridgehead atoms. The standard InChI is InChI=1S/C17H16F3N9/c18-17(19,20)16-24-23-13-2-3-14(25-29(13)16)26-7-1-8-27(11-10-26)15-12-4-5-22-28(12)9-6-21-15/h2-6,9H,1,7-8,10-11H2. The summed E-state index contributed by atoms with van der Waals surface area (Å²) in [6.45, 7) is 2.70. The van der Waals surface area contributed by atoms with Gasteiger partial charge in [-0.15, -0.1) is 15.3 Å². The van der Waals surface area contributed by atoms with Gasteiger partial charge in [0.15, 0.2) is 11.5 Å². The van der Waals surface area contributed by atoms with Crippen molar-refractivity contribution in [1.82, 2.24) is 34.4 Å². The first kappa shape index (κ1) is 17.6. The fourth-order valence-corrected chi connectivity index (χ4v) is 3.57. The summed E-state index contributed by atoms with van der Waals surface area (Å²) in [6, 6.07) is 5.09. The SMILES string of the molecule is FC(F)(F)c1nnc2ccc(N3CCCN(c4nccn5nccc45)CC3)nn12. The Morgan fingerprint density at radius 3 is 2.59 bits per heavy atom. The molecule has 1 aliphatic rings. The summed E-state index contributed by atoms with van der Waals surface area (Å²) < 4.78 is 41.9. The Morgan fingerprint density at radius 2 is 1.72 bits per heavy atom. The summed E-state index contributed by atoms with van der Waals surface area (Å²) in [5.41, 5.74) is 0.980. The number of rotatable bonds is 2. The van der Waals surface area contributed by atoms with Gasteiger partial charge in [0.05, 0.1) is 6.20 Å². The summed E-state index contributed by atoms with van der Waals surface area (Å²) in [4.78, 5) is 8.63. The zero-order valence-corrected chi connectivity index (χ0v) is 15.2. The Morgan fingerprint density at radius 1 is 0.897 bits per heavy atom. The second-order valence-electron chi connectivity index (χ2n) is 6.72. The van der Waals surface area contributed by atoms with Gasteiger partial charge in [-0.25, -0.2) is 9.50 Å². The van der Waals surface area contributed by atoms with Crippen LogP contribution >= 0.6 is 0 Å². The van der Waals surface area contributed by atoms with Crippen molar-refractivity contribution in [3.8, 4) is 0 Å². The van der Waals surface area contributed by atoms with Gasteiger partial charge in [0.25, 0.3) is 5.82 Å². The smallest absolute Gasteiger partial charge is 0.353 e. The van der Waals surface area contributed by atoms with E-state index in [1.165, 1.54) is 6.07 Å². The maximum atomic E-state index is 13.1. The Kier molecular flexibility index (Phi) is 4.00. The molecule has 0 atom stereocenters. The van der Waals surface area contributed by atoms with Gasteiger partial charge in [-0.1, -0.05) is 0 Å². The van der Waals surface area contributed by atoms with Gasteiger partial charge in [0.2, 0.25) is 0 Å². The normalized spacial score (nSPS) is 16.0. The van der Waals surface area contributed by atoms with Crippen molar-refractivity contribution >= 4 is 22.8 Å². The third kappa shape index (κ3) is 3.09. The Hall–Kier alpha value is -3.44. The molecule has 4 aromatic heterocycles. The van der Waals surface area contributed by atoms with E-state index in [0.717, 1.165) is 28.8 Å². The first-order chi connectivity index (χ1) is 14.0. The van der Waals surface area contributed by atoms with Crippen LogP contribution in [0.2, 0.25) is 0 Å². The van der Waals surface area contributed by atoms with Crippen molar-refractivity contribution in [3.63, 3.8) is 0 Å². The molecule has 0 N–H and O–H groups in total. The Labute approximate surface area is 162 Å². The lowest BCUT2D eigenvalue weighted by atomic mass is 10.3. The Balaban J connectivity index is 1.41. The topological polar surface area (TPSA) is 79.8 Å². The molecule has 0 amide bonds. The van der Waals surface area contributed by atoms with Gasteiger partial charge < -0.3 is 9.80 Å². The molecular weight excluding hydrogens is 387 g/mol. The summed E-state index contributed by atoms with van der Waals surface area (Å²) >= 11 is 0. The molecule has 0 aromatic carbocycles. The second kappa shape index (κ2) is 6.57. The van der Waals surface area contributed by atoms with Gasteiger partial charge in [-0.2, -0.15) is 22.8 Å². The van der Waals surface area contributed by atoms with Gasteiger partial charge in [0, 0.05) is 38.6 Å². The van der Waals surface area contributed by atoms with Gasteiger partial charge in [-0.3, -0.25) is 0 Å². The van der Waals surface area contributed by atoms with Crippen molar-refractivity contribution in [1.29, 1.82) is 0 Å². The van der Waals surface area contributed by atoms with Crippen LogP contribution in [0.4, 0.5) is 24.8 Å². The molecule has 9 nitrogen and oxygen atoms in total. The molecule has 29 heavy (non-hydrogen) atoms. The van der Waals surface area contributed by atoms with Crippen LogP contribution in [0.3, 0.4) is 0 Å². The van der Waals surface area contributed by atoms with Crippen molar-refractivity contribution in [2.45, 2.75) is 12.6 Å². The van der Waals surface area contributed by atoms with E-state index in [1.807, 2.05) is 11.0 Å². The molecule has 1 saturated heterocycles. The van der Waals surface area contributed by atoms with Gasteiger partial charge in [-0.05, 0) is 24.6 Å². The zero-order chi connectivity index (χ0) is 20.0. The van der Waals surface area contributed by atoms with E-state index in [2.05, 4.69) is 30.3 Å². The highest BCUT2D eigenvalue weighted by Crippen LogP contribution is 2.28. The lowest BCUT2D eigenvalue weighted by Crippen LogP contribution is -2.32. The fourth-order valence-electron chi connectivity index (χ4n) is 3.57. The third-order valence-electron chi connectivity index (χ3n) is 4.93. The van der Waals surface area contributed by atoms with E-state index in [0.29, 0.717) is 25.5 Å². The lowest BCUT2D eigenvalue weighted by Gasteiger charge is -2.23. The second-order valence-corrected chi connectivity index (χ2v) is 6.72. The molecule has 150 valence electrons. The van der Waals surface area contributed by atoms with Crippen molar-refractivity contribution in [2.24, 2.45) is 0 Å². The van der Waals surface area contributed by atoms with E-state index in [1.54, 1.807) is 29.2 Å². The molecule has 0 saturated carbocycles. The van der Waals surface area contributed by atoms with E-state index in [-0.39, 0.29) is 5.65 Å². The minimum Gasteiger partial charge on any atom is -0.353 e. The quantitative estimate of drug-likeness (QED) is 0.506. The number of hydrogen-bond acceptors (Lipinski definition) is 7. The minimum absolute atomic E-state index is 0.0640. The first-order valence-electron chi connectivity index (χ1n) is 9.08. The van der Waals surface area contributed by atoms with E-state index < -0.39 is 12.0 Å². The largest absolute Gasteiger partial charge is 0.453 e. The monoisotopic (exact) mass is 403 g/mol. The summed E-state index contributed by atoms with van der Waals surface area (Å²) in [5.74, 6) is 0.177. The molecule has 4 aromatic rings. The minimum atomic E-state index is -4.61. The predicted molar refractivity (Wildman–Crippen MR) is 97.8 cm³/mol. The summed E-state index contributed by atoms with van der Waals surface area (Å²) in [6.07, 6.45) is 1.42. The van der Waals surface area contributed by atoms with Gasteiger partial charge in [0.1, 0.15) is 11.3 Å². The average Bonchev–Trinajstić information content (AvgIpc) is 3.28. The van der Waals surface area contributed by atoms with Gasteiger partial charge >= 0.3 is 6.18 Å². The molecular formula is C17H16F3N9. The zero-order valence-electron chi connectivity index (χ0n) is 15.2. The van der Waals surface area contributed by atoms with Crippen molar-refractivity contribution in [3.05, 3.63) is 42.6 Å². The predicted octanol–water partition coefficient (Wildman–Crippen LogP) is 1.90. The third-order valence-corrected chi connectivity index (χ3v) is 4.93. The highest BCUT2D eigenvalue weighted by molar-refractivity contribution is 5.68. The number of nitrogens with zero attached hydrogens (tertiary/aromatic N) is 9. The van der Waals surface area contributed by atoms with Crippen molar-refractivity contribution < 1.29 is 13.2 Å². The molecule has 1 aliphatic heterocycles. The van der Waals surface area contributed by atoms with Crippen LogP contribution in [0.15, 0.2) is 36.8 Å². The number of aromatic nitrogens is 7. The van der Waals surface area contributed by atoms with E-state index in [4.69, 9.17) is 0 Å². The summed E-state index contributed by atoms with van der Waals surface area (Å²) in [5, 5.41) is 15.2. The number of alkyl halides is 3. The van der Waals surface area contributed by atoms with Crippen LogP contribution in [0, 0.1) is 0 Å². The highest BCUT2D eigenvalue weighted by atomic mass is 19.4. The number of fused-ring (bicyclic) bond motifs is 2. The fraction of sp³-hybridized carbons (Fsp3) is 0.353. The number of anilines is 2. The molecule has 0 aliphatic carbocycles. The van der Waals surface area contributed by atoms with Crippen LogP contribution < -0.4 is 9.80 Å². The van der Waals surface area contributed by atoms with Crippen molar-refractivity contribution in [2.75, 3.05) is 36.0 Å². The molecule has 0 radical (unpaired) electrons. The maximum absolute atomic E-state index is 13.1. The van der Waals surface area contributed by atoms with Crippen LogP contribution in [-0.4, -0.2) is 60.6 Å². The van der Waals surface area contributed by atoms with Crippen LogP contribution in [0.25, 0.3) is 11.2 Å². The molecule has 12 heteroatoms.